The number of nitrogens with zero attached hydrogens (tertiary/aromatic N) is 3. The number of ether oxygens (including phenoxy) is 1. The predicted molar refractivity (Wildman–Crippen MR) is 79.8 cm³/mol. The van der Waals surface area contributed by atoms with E-state index in [0.717, 1.165) is 33.9 Å². The lowest BCUT2D eigenvalue weighted by Crippen LogP contribution is -1.96. The minimum absolute atomic E-state index is 0.803. The summed E-state index contributed by atoms with van der Waals surface area (Å²) < 4.78 is 7.20. The van der Waals surface area contributed by atoms with Gasteiger partial charge >= 0.3 is 0 Å². The molecule has 0 N–H and O–H groups in total. The smallest absolute Gasteiger partial charge is 0.156 e. The lowest BCUT2D eigenvalue weighted by atomic mass is 10.1. The van der Waals surface area contributed by atoms with Gasteiger partial charge in [0.25, 0.3) is 0 Å². The summed E-state index contributed by atoms with van der Waals surface area (Å²) in [4.78, 5) is 4.32. The van der Waals surface area contributed by atoms with E-state index in [2.05, 4.69) is 22.7 Å². The van der Waals surface area contributed by atoms with Crippen LogP contribution in [0.2, 0.25) is 0 Å². The standard InChI is InChI=1S/C16H15N3O/c1-4-13-10-16-17-8-7-14(19(16)18-13)12-6-5-11(2)15(9-12)20-3/h4-10H,1H2,2-3H3. The Labute approximate surface area is 117 Å². The molecule has 0 aliphatic carbocycles. The molecule has 4 nitrogen and oxygen atoms in total. The van der Waals surface area contributed by atoms with Gasteiger partial charge in [0.15, 0.2) is 5.65 Å². The van der Waals surface area contributed by atoms with Gasteiger partial charge in [-0.05, 0) is 30.7 Å². The van der Waals surface area contributed by atoms with E-state index < -0.39 is 0 Å². The zero-order chi connectivity index (χ0) is 14.1. The quantitative estimate of drug-likeness (QED) is 0.729. The maximum absolute atomic E-state index is 5.38. The highest BCUT2D eigenvalue weighted by Gasteiger charge is 2.09. The van der Waals surface area contributed by atoms with E-state index >= 15 is 0 Å². The number of hydrogen-bond acceptors (Lipinski definition) is 3. The van der Waals surface area contributed by atoms with Crippen LogP contribution in [0.25, 0.3) is 23.0 Å². The van der Waals surface area contributed by atoms with Gasteiger partial charge in [-0.25, -0.2) is 9.50 Å². The van der Waals surface area contributed by atoms with Crippen molar-refractivity contribution in [3.63, 3.8) is 0 Å². The zero-order valence-electron chi connectivity index (χ0n) is 11.5. The van der Waals surface area contributed by atoms with Crippen molar-refractivity contribution in [3.8, 4) is 17.0 Å². The minimum Gasteiger partial charge on any atom is -0.496 e. The second-order valence-electron chi connectivity index (χ2n) is 4.56. The molecule has 2 aromatic heterocycles. The maximum Gasteiger partial charge on any atom is 0.156 e. The summed E-state index contributed by atoms with van der Waals surface area (Å²) in [6, 6.07) is 9.96. The Morgan fingerprint density at radius 3 is 2.85 bits per heavy atom. The summed E-state index contributed by atoms with van der Waals surface area (Å²) in [5.74, 6) is 0.864. The van der Waals surface area contributed by atoms with Gasteiger partial charge < -0.3 is 4.74 Å². The van der Waals surface area contributed by atoms with Crippen molar-refractivity contribution in [3.05, 3.63) is 54.4 Å². The molecule has 2 heterocycles. The van der Waals surface area contributed by atoms with E-state index in [1.165, 1.54) is 0 Å². The molecule has 0 saturated carbocycles. The van der Waals surface area contributed by atoms with Crippen molar-refractivity contribution < 1.29 is 4.74 Å². The van der Waals surface area contributed by atoms with E-state index in [0.29, 0.717) is 0 Å². The SMILES string of the molecule is C=Cc1cc2nccc(-c3ccc(C)c(OC)c3)n2n1. The Morgan fingerprint density at radius 1 is 1.25 bits per heavy atom. The molecule has 20 heavy (non-hydrogen) atoms. The number of methoxy groups -OCH3 is 1. The number of aromatic nitrogens is 3. The first kappa shape index (κ1) is 12.4. The van der Waals surface area contributed by atoms with Gasteiger partial charge in [-0.15, -0.1) is 0 Å². The summed E-state index contributed by atoms with van der Waals surface area (Å²) in [7, 11) is 1.68. The highest BCUT2D eigenvalue weighted by molar-refractivity contribution is 5.66. The zero-order valence-corrected chi connectivity index (χ0v) is 11.5. The molecule has 0 atom stereocenters. The molecule has 3 aromatic rings. The molecule has 0 amide bonds. The van der Waals surface area contributed by atoms with Crippen molar-refractivity contribution in [2.75, 3.05) is 7.11 Å². The second-order valence-corrected chi connectivity index (χ2v) is 4.56. The average Bonchev–Trinajstić information content (AvgIpc) is 2.91. The van der Waals surface area contributed by atoms with Crippen LogP contribution in [0.1, 0.15) is 11.3 Å². The minimum atomic E-state index is 0.803. The lowest BCUT2D eigenvalue weighted by molar-refractivity contribution is 0.412. The van der Waals surface area contributed by atoms with Crippen molar-refractivity contribution in [1.29, 1.82) is 0 Å². The van der Waals surface area contributed by atoms with E-state index in [1.807, 2.05) is 35.7 Å². The highest BCUT2D eigenvalue weighted by Crippen LogP contribution is 2.27. The van der Waals surface area contributed by atoms with Crippen LogP contribution in [-0.4, -0.2) is 21.7 Å². The first-order valence-corrected chi connectivity index (χ1v) is 6.35. The van der Waals surface area contributed by atoms with Gasteiger partial charge in [-0.1, -0.05) is 18.7 Å². The largest absolute Gasteiger partial charge is 0.496 e. The summed E-state index contributed by atoms with van der Waals surface area (Å²) >= 11 is 0. The predicted octanol–water partition coefficient (Wildman–Crippen LogP) is 3.36. The van der Waals surface area contributed by atoms with Crippen LogP contribution >= 0.6 is 0 Å². The Hall–Kier alpha value is -2.62. The molecule has 100 valence electrons. The lowest BCUT2D eigenvalue weighted by Gasteiger charge is -2.09. The van der Waals surface area contributed by atoms with Crippen molar-refractivity contribution >= 4 is 11.7 Å². The average molecular weight is 265 g/mol. The molecule has 4 heteroatoms. The normalized spacial score (nSPS) is 10.7. The van der Waals surface area contributed by atoms with Crippen LogP contribution in [0.5, 0.6) is 5.75 Å². The Balaban J connectivity index is 2.23. The number of aryl methyl sites for hydroxylation is 1. The van der Waals surface area contributed by atoms with Gasteiger partial charge in [0, 0.05) is 17.8 Å². The van der Waals surface area contributed by atoms with Crippen molar-refractivity contribution in [2.24, 2.45) is 0 Å². The van der Waals surface area contributed by atoms with E-state index in [9.17, 15) is 0 Å². The Bertz CT molecular complexity index is 790. The molecule has 0 fully saturated rings. The van der Waals surface area contributed by atoms with Gasteiger partial charge in [-0.2, -0.15) is 5.10 Å². The van der Waals surface area contributed by atoms with Crippen LogP contribution in [0.15, 0.2) is 43.1 Å². The fraction of sp³-hybridized carbons (Fsp3) is 0.125. The van der Waals surface area contributed by atoms with Crippen molar-refractivity contribution in [1.82, 2.24) is 14.6 Å². The number of rotatable bonds is 3. The van der Waals surface area contributed by atoms with E-state index in [1.54, 1.807) is 19.4 Å². The van der Waals surface area contributed by atoms with Crippen LogP contribution in [0.3, 0.4) is 0 Å². The molecule has 0 aliphatic rings. The second kappa shape index (κ2) is 4.81. The van der Waals surface area contributed by atoms with E-state index in [4.69, 9.17) is 4.74 Å². The first-order chi connectivity index (χ1) is 9.72. The number of benzene rings is 1. The third-order valence-electron chi connectivity index (χ3n) is 3.29. The van der Waals surface area contributed by atoms with Crippen LogP contribution in [0, 0.1) is 6.92 Å². The molecule has 0 bridgehead atoms. The van der Waals surface area contributed by atoms with Crippen LogP contribution in [-0.2, 0) is 0 Å². The molecule has 0 unspecified atom stereocenters. The van der Waals surface area contributed by atoms with Gasteiger partial charge in [0.1, 0.15) is 5.75 Å². The van der Waals surface area contributed by atoms with Crippen molar-refractivity contribution in [2.45, 2.75) is 6.92 Å². The van der Waals surface area contributed by atoms with Crippen LogP contribution in [0.4, 0.5) is 0 Å². The third-order valence-corrected chi connectivity index (χ3v) is 3.29. The molecular weight excluding hydrogens is 250 g/mol. The molecule has 0 aliphatic heterocycles. The molecule has 0 saturated heterocycles. The Morgan fingerprint density at radius 2 is 2.10 bits per heavy atom. The molecule has 3 rings (SSSR count). The molecule has 0 spiro atoms. The maximum atomic E-state index is 5.38. The van der Waals surface area contributed by atoms with Gasteiger partial charge in [-0.3, -0.25) is 0 Å². The van der Waals surface area contributed by atoms with Gasteiger partial charge in [0.05, 0.1) is 18.5 Å². The summed E-state index contributed by atoms with van der Waals surface area (Å²) in [6.07, 6.45) is 3.50. The molecule has 0 radical (unpaired) electrons. The number of fused-ring (bicyclic) bond motifs is 1. The molecular formula is C16H15N3O. The summed E-state index contributed by atoms with van der Waals surface area (Å²) in [5.41, 5.74) is 4.73. The van der Waals surface area contributed by atoms with Crippen LogP contribution < -0.4 is 4.74 Å². The Kier molecular flexibility index (Phi) is 2.99. The first-order valence-electron chi connectivity index (χ1n) is 6.35. The fourth-order valence-corrected chi connectivity index (χ4v) is 2.21. The summed E-state index contributed by atoms with van der Waals surface area (Å²) in [6.45, 7) is 5.77. The van der Waals surface area contributed by atoms with Gasteiger partial charge in [0.2, 0.25) is 0 Å². The topological polar surface area (TPSA) is 39.4 Å². The molecule has 1 aromatic carbocycles. The monoisotopic (exact) mass is 265 g/mol. The summed E-state index contributed by atoms with van der Waals surface area (Å²) in [5, 5.41) is 4.48. The number of hydrogen-bond donors (Lipinski definition) is 0. The highest BCUT2D eigenvalue weighted by atomic mass is 16.5. The third kappa shape index (κ3) is 1.95. The van der Waals surface area contributed by atoms with E-state index in [-0.39, 0.29) is 0 Å². The fourth-order valence-electron chi connectivity index (χ4n) is 2.21.